The van der Waals surface area contributed by atoms with E-state index in [2.05, 4.69) is 17.3 Å². The van der Waals surface area contributed by atoms with Gasteiger partial charge in [0.05, 0.1) is 6.20 Å². The first kappa shape index (κ1) is 14.5. The number of aromatic nitrogens is 2. The first-order chi connectivity index (χ1) is 8.95. The van der Waals surface area contributed by atoms with Crippen LogP contribution in [0.25, 0.3) is 0 Å². The van der Waals surface area contributed by atoms with Gasteiger partial charge in [-0.25, -0.2) is 8.42 Å². The molecule has 1 N–H and O–H groups in total. The van der Waals surface area contributed by atoms with Crippen molar-refractivity contribution < 1.29 is 8.42 Å². The van der Waals surface area contributed by atoms with E-state index < -0.39 is 10.0 Å². The Hall–Kier alpha value is -0.920. The third kappa shape index (κ3) is 2.98. The van der Waals surface area contributed by atoms with Crippen molar-refractivity contribution in [2.45, 2.75) is 30.7 Å². The predicted molar refractivity (Wildman–Crippen MR) is 73.2 cm³/mol. The average Bonchev–Trinajstić information content (AvgIpc) is 2.85. The zero-order chi connectivity index (χ0) is 14.0. The molecule has 2 rings (SSSR count). The van der Waals surface area contributed by atoms with Gasteiger partial charge in [-0.1, -0.05) is 0 Å². The molecule has 0 radical (unpaired) electrons. The number of nitrogens with zero attached hydrogens (tertiary/aromatic N) is 3. The maximum atomic E-state index is 12.5. The van der Waals surface area contributed by atoms with Crippen molar-refractivity contribution in [1.29, 1.82) is 0 Å². The quantitative estimate of drug-likeness (QED) is 0.871. The first-order valence-corrected chi connectivity index (χ1v) is 8.05. The third-order valence-corrected chi connectivity index (χ3v) is 5.72. The van der Waals surface area contributed by atoms with Crippen LogP contribution in [-0.2, 0) is 17.1 Å². The summed E-state index contributed by atoms with van der Waals surface area (Å²) in [7, 11) is 0.246. The largest absolute Gasteiger partial charge is 0.317 e. The van der Waals surface area contributed by atoms with E-state index in [1.54, 1.807) is 17.5 Å². The van der Waals surface area contributed by atoms with E-state index in [4.69, 9.17) is 0 Å². The lowest BCUT2D eigenvalue weighted by atomic mass is 9.93. The molecule has 1 aliphatic heterocycles. The molecule has 1 aromatic rings. The first-order valence-electron chi connectivity index (χ1n) is 6.61. The Kier molecular flexibility index (Phi) is 4.27. The van der Waals surface area contributed by atoms with E-state index in [-0.39, 0.29) is 4.90 Å². The van der Waals surface area contributed by atoms with Crippen LogP contribution < -0.4 is 5.32 Å². The molecule has 1 saturated heterocycles. The fraction of sp³-hybridized carbons (Fsp3) is 0.750. The highest BCUT2D eigenvalue weighted by atomic mass is 32.2. The predicted octanol–water partition coefficient (Wildman–Crippen LogP) is 0.429. The van der Waals surface area contributed by atoms with E-state index in [1.807, 2.05) is 7.05 Å². The Bertz CT molecular complexity index is 526. The monoisotopic (exact) mass is 286 g/mol. The SMILES string of the molecule is CNC(C)C1CCCN(S(=O)(=O)c2cnn(C)c2)C1. The van der Waals surface area contributed by atoms with Crippen LogP contribution in [0.2, 0.25) is 0 Å². The molecule has 0 amide bonds. The van der Waals surface area contributed by atoms with Crippen LogP contribution in [0, 0.1) is 5.92 Å². The minimum Gasteiger partial charge on any atom is -0.317 e. The fourth-order valence-electron chi connectivity index (χ4n) is 2.52. The zero-order valence-electron chi connectivity index (χ0n) is 11.7. The summed E-state index contributed by atoms with van der Waals surface area (Å²) in [4.78, 5) is 0.285. The summed E-state index contributed by atoms with van der Waals surface area (Å²) in [6, 6.07) is 0.326. The second-order valence-corrected chi connectivity index (χ2v) is 7.13. The van der Waals surface area contributed by atoms with Crippen LogP contribution in [0.1, 0.15) is 19.8 Å². The molecule has 2 atom stereocenters. The highest BCUT2D eigenvalue weighted by Gasteiger charge is 2.32. The summed E-state index contributed by atoms with van der Waals surface area (Å²) in [5, 5.41) is 7.16. The van der Waals surface area contributed by atoms with Gasteiger partial charge in [-0.3, -0.25) is 4.68 Å². The van der Waals surface area contributed by atoms with E-state index >= 15 is 0 Å². The molecule has 2 unspecified atom stereocenters. The van der Waals surface area contributed by atoms with Crippen LogP contribution in [0.3, 0.4) is 0 Å². The van der Waals surface area contributed by atoms with E-state index in [0.717, 1.165) is 12.8 Å². The van der Waals surface area contributed by atoms with Gasteiger partial charge in [0.2, 0.25) is 10.0 Å². The lowest BCUT2D eigenvalue weighted by Gasteiger charge is -2.34. The number of hydrogen-bond acceptors (Lipinski definition) is 4. The number of aryl methyl sites for hydroxylation is 1. The van der Waals surface area contributed by atoms with Crippen molar-refractivity contribution in [2.75, 3.05) is 20.1 Å². The second kappa shape index (κ2) is 5.60. The molecule has 1 aromatic heterocycles. The number of piperidine rings is 1. The van der Waals surface area contributed by atoms with Gasteiger partial charge in [-0.05, 0) is 32.7 Å². The number of sulfonamides is 1. The smallest absolute Gasteiger partial charge is 0.246 e. The molecule has 0 saturated carbocycles. The summed E-state index contributed by atoms with van der Waals surface area (Å²) in [5.74, 6) is 0.366. The molecular formula is C12H22N4O2S. The Morgan fingerprint density at radius 3 is 2.84 bits per heavy atom. The molecular weight excluding hydrogens is 264 g/mol. The highest BCUT2D eigenvalue weighted by Crippen LogP contribution is 2.25. The van der Waals surface area contributed by atoms with Gasteiger partial charge in [0.25, 0.3) is 0 Å². The van der Waals surface area contributed by atoms with Gasteiger partial charge in [-0.2, -0.15) is 9.40 Å². The van der Waals surface area contributed by atoms with E-state index in [0.29, 0.717) is 25.0 Å². The Morgan fingerprint density at radius 1 is 1.53 bits per heavy atom. The van der Waals surface area contributed by atoms with Gasteiger partial charge in [0, 0.05) is 32.4 Å². The molecule has 1 aliphatic rings. The topological polar surface area (TPSA) is 67.2 Å². The van der Waals surface area contributed by atoms with Gasteiger partial charge in [-0.15, -0.1) is 0 Å². The maximum absolute atomic E-state index is 12.5. The van der Waals surface area contributed by atoms with Crippen molar-refractivity contribution in [3.8, 4) is 0 Å². The van der Waals surface area contributed by atoms with Crippen molar-refractivity contribution in [3.63, 3.8) is 0 Å². The van der Waals surface area contributed by atoms with Crippen LogP contribution in [-0.4, -0.2) is 48.7 Å². The van der Waals surface area contributed by atoms with Crippen molar-refractivity contribution in [2.24, 2.45) is 13.0 Å². The Balaban J connectivity index is 2.17. The minimum absolute atomic E-state index is 0.285. The molecule has 6 nitrogen and oxygen atoms in total. The maximum Gasteiger partial charge on any atom is 0.246 e. The second-order valence-electron chi connectivity index (χ2n) is 5.19. The van der Waals surface area contributed by atoms with Crippen LogP contribution in [0.5, 0.6) is 0 Å². The van der Waals surface area contributed by atoms with Crippen LogP contribution >= 0.6 is 0 Å². The summed E-state index contributed by atoms with van der Waals surface area (Å²) in [6.07, 6.45) is 4.96. The number of nitrogens with one attached hydrogen (secondary N) is 1. The molecule has 2 heterocycles. The van der Waals surface area contributed by atoms with Crippen molar-refractivity contribution in [1.82, 2.24) is 19.4 Å². The molecule has 0 aromatic carbocycles. The molecule has 19 heavy (non-hydrogen) atoms. The van der Waals surface area contributed by atoms with Gasteiger partial charge < -0.3 is 5.32 Å². The molecule has 108 valence electrons. The summed E-state index contributed by atoms with van der Waals surface area (Å²) < 4.78 is 28.1. The lowest BCUT2D eigenvalue weighted by Crippen LogP contribution is -2.45. The average molecular weight is 286 g/mol. The Labute approximate surface area is 114 Å². The van der Waals surface area contributed by atoms with Gasteiger partial charge in [0.1, 0.15) is 4.90 Å². The Morgan fingerprint density at radius 2 is 2.26 bits per heavy atom. The molecule has 0 bridgehead atoms. The third-order valence-electron chi connectivity index (χ3n) is 3.90. The summed E-state index contributed by atoms with van der Waals surface area (Å²) in [6.45, 7) is 3.29. The fourth-order valence-corrected chi connectivity index (χ4v) is 4.04. The normalized spacial score (nSPS) is 23.4. The molecule has 0 spiro atoms. The minimum atomic E-state index is -3.39. The highest BCUT2D eigenvalue weighted by molar-refractivity contribution is 7.89. The van der Waals surface area contributed by atoms with E-state index in [1.165, 1.54) is 10.9 Å². The van der Waals surface area contributed by atoms with Crippen LogP contribution in [0.4, 0.5) is 0 Å². The van der Waals surface area contributed by atoms with E-state index in [9.17, 15) is 8.42 Å². The van der Waals surface area contributed by atoms with Crippen molar-refractivity contribution in [3.05, 3.63) is 12.4 Å². The van der Waals surface area contributed by atoms with Crippen LogP contribution in [0.15, 0.2) is 17.3 Å². The van der Waals surface area contributed by atoms with Gasteiger partial charge >= 0.3 is 0 Å². The summed E-state index contributed by atoms with van der Waals surface area (Å²) in [5.41, 5.74) is 0. The molecule has 7 heteroatoms. The zero-order valence-corrected chi connectivity index (χ0v) is 12.5. The molecule has 0 aliphatic carbocycles. The van der Waals surface area contributed by atoms with Crippen molar-refractivity contribution >= 4 is 10.0 Å². The lowest BCUT2D eigenvalue weighted by molar-refractivity contribution is 0.229. The molecule has 1 fully saturated rings. The summed E-state index contributed by atoms with van der Waals surface area (Å²) >= 11 is 0. The number of rotatable bonds is 4. The standard InChI is InChI=1S/C12H22N4O2S/c1-10(13-2)11-5-4-6-16(8-11)19(17,18)12-7-14-15(3)9-12/h7,9-11,13H,4-6,8H2,1-3H3. The number of hydrogen-bond donors (Lipinski definition) is 1. The van der Waals surface area contributed by atoms with Gasteiger partial charge in [0.15, 0.2) is 0 Å².